The van der Waals surface area contributed by atoms with Crippen LogP contribution in [-0.2, 0) is 28.0 Å². The number of benzene rings is 2. The van der Waals surface area contributed by atoms with Gasteiger partial charge in [0.25, 0.3) is 5.91 Å². The molecule has 0 spiro atoms. The molecule has 7 heteroatoms. The Bertz CT molecular complexity index is 1500. The van der Waals surface area contributed by atoms with E-state index in [9.17, 15) is 10.1 Å². The van der Waals surface area contributed by atoms with E-state index in [4.69, 9.17) is 20.9 Å². The summed E-state index contributed by atoms with van der Waals surface area (Å²) in [6.07, 6.45) is 8.48. The molecule has 0 aromatic heterocycles. The zero-order valence-electron chi connectivity index (χ0n) is 24.9. The molecule has 2 aromatic carbocycles. The van der Waals surface area contributed by atoms with E-state index in [0.717, 1.165) is 29.5 Å². The van der Waals surface area contributed by atoms with Crippen molar-refractivity contribution in [3.05, 3.63) is 75.0 Å². The number of halogens is 1. The smallest absolute Gasteiger partial charge is 0.273 e. The largest absolute Gasteiger partial charge is 0.495 e. The second-order valence-corrected chi connectivity index (χ2v) is 11.8. The molecule has 1 fully saturated rings. The van der Waals surface area contributed by atoms with Crippen LogP contribution < -0.4 is 4.74 Å². The fourth-order valence-electron chi connectivity index (χ4n) is 5.58. The van der Waals surface area contributed by atoms with Crippen molar-refractivity contribution >= 4 is 11.6 Å². The van der Waals surface area contributed by atoms with Crippen molar-refractivity contribution in [1.29, 1.82) is 5.26 Å². The number of nitrogens with zero attached hydrogens (tertiary/aromatic N) is 3. The van der Waals surface area contributed by atoms with Gasteiger partial charge in [0.2, 0.25) is 0 Å². The highest BCUT2D eigenvalue weighted by Gasteiger charge is 2.36. The van der Waals surface area contributed by atoms with Gasteiger partial charge in [0.1, 0.15) is 17.1 Å². The summed E-state index contributed by atoms with van der Waals surface area (Å²) in [5.74, 6) is 3.24. The lowest BCUT2D eigenvalue weighted by Crippen LogP contribution is -2.56. The normalized spacial score (nSPS) is 18.5. The lowest BCUT2D eigenvalue weighted by molar-refractivity contribution is -0.142. The molecule has 41 heavy (non-hydrogen) atoms. The highest BCUT2D eigenvalue weighted by molar-refractivity contribution is 6.04. The molecule has 1 aliphatic carbocycles. The van der Waals surface area contributed by atoms with Crippen LogP contribution in [0.15, 0.2) is 46.6 Å². The number of aliphatic imine (C=N–C) groups is 1. The molecule has 214 valence electrons. The number of ether oxygens (including phenoxy) is 2. The maximum Gasteiger partial charge on any atom is 0.273 e. The number of carbonyl (C=O) groups is 1. The molecule has 1 amide bonds. The fourth-order valence-corrected chi connectivity index (χ4v) is 5.58. The molecule has 0 N–H and O–H groups in total. The molecule has 0 atom stereocenters. The second kappa shape index (κ2) is 11.9. The van der Waals surface area contributed by atoms with E-state index in [1.54, 1.807) is 25.3 Å². The number of rotatable bonds is 5. The van der Waals surface area contributed by atoms with E-state index < -0.39 is 11.2 Å². The maximum absolute atomic E-state index is 15.0. The molecule has 2 aliphatic rings. The number of alkyl halides is 1. The highest BCUT2D eigenvalue weighted by Crippen LogP contribution is 2.34. The van der Waals surface area contributed by atoms with E-state index in [2.05, 4.69) is 12.0 Å². The third-order valence-electron chi connectivity index (χ3n) is 7.98. The van der Waals surface area contributed by atoms with Crippen molar-refractivity contribution in [2.45, 2.75) is 71.5 Å². The molecule has 0 saturated carbocycles. The number of hydrogen-bond acceptors (Lipinski definition) is 5. The van der Waals surface area contributed by atoms with Crippen LogP contribution in [0.25, 0.3) is 0 Å². The number of morpholine rings is 1. The van der Waals surface area contributed by atoms with Gasteiger partial charge in [-0.3, -0.25) is 4.79 Å². The Morgan fingerprint density at radius 1 is 1.15 bits per heavy atom. The van der Waals surface area contributed by atoms with Crippen molar-refractivity contribution in [3.8, 4) is 24.2 Å². The lowest BCUT2D eigenvalue weighted by Gasteiger charge is -2.42. The second-order valence-electron chi connectivity index (χ2n) is 11.8. The summed E-state index contributed by atoms with van der Waals surface area (Å²) in [5.41, 5.74) is 4.02. The average molecular weight is 556 g/mol. The number of terminal acetylenes is 1. The Kier molecular flexibility index (Phi) is 8.71. The summed E-state index contributed by atoms with van der Waals surface area (Å²) < 4.78 is 26.2. The minimum Gasteiger partial charge on any atom is -0.495 e. The first-order valence-corrected chi connectivity index (χ1v) is 14.0. The topological polar surface area (TPSA) is 74.9 Å². The molecule has 6 nitrogen and oxygen atoms in total. The van der Waals surface area contributed by atoms with Gasteiger partial charge >= 0.3 is 0 Å². The number of aryl methyl sites for hydroxylation is 2. The molecule has 0 unspecified atom stereocenters. The Labute approximate surface area is 242 Å². The van der Waals surface area contributed by atoms with Crippen LogP contribution in [0.5, 0.6) is 5.75 Å². The van der Waals surface area contributed by atoms with Gasteiger partial charge in [-0.05, 0) is 107 Å². The van der Waals surface area contributed by atoms with Gasteiger partial charge in [0.05, 0.1) is 43.1 Å². The summed E-state index contributed by atoms with van der Waals surface area (Å²) in [4.78, 5) is 21.1. The van der Waals surface area contributed by atoms with Crippen molar-refractivity contribution in [1.82, 2.24) is 4.90 Å². The monoisotopic (exact) mass is 555 g/mol. The number of nitriles is 1. The first-order valence-electron chi connectivity index (χ1n) is 14.0. The third kappa shape index (κ3) is 6.37. The molecule has 0 bridgehead atoms. The summed E-state index contributed by atoms with van der Waals surface area (Å²) >= 11 is 0. The Balaban J connectivity index is 1.81. The van der Waals surface area contributed by atoms with Crippen molar-refractivity contribution in [2.24, 2.45) is 4.99 Å². The molecule has 0 radical (unpaired) electrons. The van der Waals surface area contributed by atoms with Gasteiger partial charge in [-0.15, -0.1) is 6.42 Å². The fraction of sp³-hybridized carbons (Fsp3) is 0.441. The van der Waals surface area contributed by atoms with E-state index in [0.29, 0.717) is 66.4 Å². The van der Waals surface area contributed by atoms with Crippen LogP contribution in [0.4, 0.5) is 4.39 Å². The zero-order valence-corrected chi connectivity index (χ0v) is 24.9. The molecule has 1 heterocycles. The first kappa shape index (κ1) is 30.0. The Morgan fingerprint density at radius 3 is 2.41 bits per heavy atom. The van der Waals surface area contributed by atoms with Gasteiger partial charge in [0.15, 0.2) is 0 Å². The number of carbonyl (C=O) groups excluding carboxylic acids is 1. The molecule has 4 rings (SSSR count). The van der Waals surface area contributed by atoms with Crippen LogP contribution in [0.2, 0.25) is 0 Å². The summed E-state index contributed by atoms with van der Waals surface area (Å²) in [5, 5.41) is 9.53. The molecule has 1 saturated heterocycles. The summed E-state index contributed by atoms with van der Waals surface area (Å²) in [6.45, 7) is 10.0. The summed E-state index contributed by atoms with van der Waals surface area (Å²) in [6, 6.07) is 11.1. The number of hydrogen-bond donors (Lipinski definition) is 0. The van der Waals surface area contributed by atoms with E-state index in [1.165, 1.54) is 13.8 Å². The third-order valence-corrected chi connectivity index (χ3v) is 7.98. The number of amides is 1. The number of fused-ring (bicyclic) bond motifs is 1. The van der Waals surface area contributed by atoms with Crippen molar-refractivity contribution in [3.63, 3.8) is 0 Å². The van der Waals surface area contributed by atoms with Crippen LogP contribution in [-0.4, -0.2) is 48.9 Å². The first-order chi connectivity index (χ1) is 19.4. The lowest BCUT2D eigenvalue weighted by atomic mass is 9.92. The van der Waals surface area contributed by atoms with Crippen LogP contribution in [0.1, 0.15) is 80.8 Å². The van der Waals surface area contributed by atoms with E-state index in [1.807, 2.05) is 37.8 Å². The molecular formula is C34H38FN3O3. The minimum absolute atomic E-state index is 0.139. The minimum atomic E-state index is -1.71. The maximum atomic E-state index is 15.0. The zero-order chi connectivity index (χ0) is 29.9. The Morgan fingerprint density at radius 2 is 1.83 bits per heavy atom. The van der Waals surface area contributed by atoms with Crippen LogP contribution in [0, 0.1) is 23.7 Å². The van der Waals surface area contributed by atoms with Crippen molar-refractivity contribution < 1.29 is 18.7 Å². The van der Waals surface area contributed by atoms with Crippen LogP contribution >= 0.6 is 0 Å². The van der Waals surface area contributed by atoms with Gasteiger partial charge < -0.3 is 14.4 Å². The predicted molar refractivity (Wildman–Crippen MR) is 159 cm³/mol. The molecule has 1 aliphatic heterocycles. The SMILES string of the molecule is C#Cc1cc2c(cc1OC)CC/C(=C(/N=C(C)c1ccc(C#N)c(C(C)(C)F)c1)C(=O)N1CCOCC1(C)C)CC2. The van der Waals surface area contributed by atoms with Gasteiger partial charge in [-0.25, -0.2) is 9.38 Å². The van der Waals surface area contributed by atoms with Crippen LogP contribution in [0.3, 0.4) is 0 Å². The van der Waals surface area contributed by atoms with E-state index >= 15 is 4.39 Å². The van der Waals surface area contributed by atoms with Crippen molar-refractivity contribution in [2.75, 3.05) is 26.9 Å². The van der Waals surface area contributed by atoms with E-state index in [-0.39, 0.29) is 11.5 Å². The molecular weight excluding hydrogens is 517 g/mol. The summed E-state index contributed by atoms with van der Waals surface area (Å²) in [7, 11) is 1.61. The quantitative estimate of drug-likeness (QED) is 0.195. The van der Waals surface area contributed by atoms with Gasteiger partial charge in [0, 0.05) is 17.8 Å². The standard InChI is InChI=1S/C34H38FN3O3/c1-8-23-17-26-12-9-24(10-13-27(26)19-30(23)40-7)31(32(39)38-15-16-41-21-33(38,3)4)37-22(2)25-11-14-28(20-36)29(18-25)34(5,6)35/h1,11,14,17-19H,9-10,12-13,15-16,21H2,2-7H3/b31-24+,37-22?. The average Bonchev–Trinajstić information content (AvgIpc) is 3.15. The number of methoxy groups -OCH3 is 1. The molecule has 2 aromatic rings. The van der Waals surface area contributed by atoms with Gasteiger partial charge in [-0.2, -0.15) is 5.26 Å². The predicted octanol–water partition coefficient (Wildman–Crippen LogP) is 6.03. The Hall–Kier alpha value is -3.94. The van der Waals surface area contributed by atoms with Gasteiger partial charge in [-0.1, -0.05) is 12.0 Å². The highest BCUT2D eigenvalue weighted by atomic mass is 19.1. The number of allylic oxidation sites excluding steroid dienone is 1.